The van der Waals surface area contributed by atoms with Gasteiger partial charge in [0.05, 0.1) is 13.2 Å². The smallest absolute Gasteiger partial charge is 0.237 e. The molecule has 0 saturated carbocycles. The summed E-state index contributed by atoms with van der Waals surface area (Å²) >= 11 is 0. The molecule has 0 fully saturated rings. The number of ether oxygens (including phenoxy) is 1. The number of methoxy groups -OCH3 is 1. The van der Waals surface area contributed by atoms with Crippen LogP contribution in [-0.2, 0) is 11.3 Å². The largest absolute Gasteiger partial charge is 0.496 e. The number of nitrogens with two attached hydrogens (primary N) is 1. The van der Waals surface area contributed by atoms with Crippen molar-refractivity contribution in [3.63, 3.8) is 0 Å². The molecule has 3 N–H and O–H groups in total. The Labute approximate surface area is 109 Å². The lowest BCUT2D eigenvalue weighted by Gasteiger charge is -2.18. The van der Waals surface area contributed by atoms with Crippen LogP contribution in [0, 0.1) is 5.92 Å². The minimum atomic E-state index is -0.454. The maximum Gasteiger partial charge on any atom is 0.237 e. The Morgan fingerprint density at radius 1 is 1.44 bits per heavy atom. The molecule has 0 heterocycles. The molecule has 18 heavy (non-hydrogen) atoms. The molecule has 0 saturated heterocycles. The van der Waals surface area contributed by atoms with Crippen molar-refractivity contribution in [3.05, 3.63) is 29.8 Å². The molecule has 1 aromatic carbocycles. The minimum Gasteiger partial charge on any atom is -0.496 e. The fraction of sp³-hybridized carbons (Fsp3) is 0.500. The summed E-state index contributed by atoms with van der Waals surface area (Å²) in [5.74, 6) is 0.841. The van der Waals surface area contributed by atoms with Crippen LogP contribution in [0.4, 0.5) is 0 Å². The summed E-state index contributed by atoms with van der Waals surface area (Å²) in [5, 5.41) is 2.84. The fourth-order valence-electron chi connectivity index (χ4n) is 1.66. The van der Waals surface area contributed by atoms with Crippen LogP contribution in [0.5, 0.6) is 5.75 Å². The lowest BCUT2D eigenvalue weighted by molar-refractivity contribution is -0.123. The Hall–Kier alpha value is -1.55. The molecule has 0 aliphatic carbocycles. The van der Waals surface area contributed by atoms with Gasteiger partial charge in [-0.2, -0.15) is 0 Å². The Kier molecular flexibility index (Phi) is 5.65. The van der Waals surface area contributed by atoms with Gasteiger partial charge in [-0.15, -0.1) is 0 Å². The first-order valence-electron chi connectivity index (χ1n) is 6.25. The van der Waals surface area contributed by atoms with Gasteiger partial charge in [0, 0.05) is 12.1 Å². The highest BCUT2D eigenvalue weighted by Gasteiger charge is 2.19. The number of nitrogens with one attached hydrogen (secondary N) is 1. The van der Waals surface area contributed by atoms with Crippen LogP contribution in [0.15, 0.2) is 24.3 Å². The molecule has 2 unspecified atom stereocenters. The molecule has 1 amide bonds. The van der Waals surface area contributed by atoms with Crippen LogP contribution in [0.1, 0.15) is 25.8 Å². The van der Waals surface area contributed by atoms with Crippen LogP contribution in [0.2, 0.25) is 0 Å². The van der Waals surface area contributed by atoms with Crippen molar-refractivity contribution in [2.45, 2.75) is 32.9 Å². The molecule has 1 rings (SSSR count). The van der Waals surface area contributed by atoms with Gasteiger partial charge in [0.2, 0.25) is 5.91 Å². The number of carbonyl (C=O) groups excluding carboxylic acids is 1. The van der Waals surface area contributed by atoms with E-state index in [4.69, 9.17) is 10.5 Å². The minimum absolute atomic E-state index is 0.116. The quantitative estimate of drug-likeness (QED) is 0.807. The van der Waals surface area contributed by atoms with Gasteiger partial charge in [0.15, 0.2) is 0 Å². The van der Waals surface area contributed by atoms with E-state index in [9.17, 15) is 4.79 Å². The SMILES string of the molecule is CCC(C)C(N)C(=O)NCc1ccccc1OC. The first-order valence-corrected chi connectivity index (χ1v) is 6.25. The summed E-state index contributed by atoms with van der Waals surface area (Å²) in [6.07, 6.45) is 0.892. The lowest BCUT2D eigenvalue weighted by Crippen LogP contribution is -2.44. The van der Waals surface area contributed by atoms with E-state index in [1.54, 1.807) is 7.11 Å². The second-order valence-electron chi connectivity index (χ2n) is 4.44. The molecule has 0 radical (unpaired) electrons. The summed E-state index contributed by atoms with van der Waals surface area (Å²) in [5.41, 5.74) is 6.81. The van der Waals surface area contributed by atoms with Crippen LogP contribution in [-0.4, -0.2) is 19.1 Å². The number of benzene rings is 1. The van der Waals surface area contributed by atoms with Crippen molar-refractivity contribution in [1.29, 1.82) is 0 Å². The van der Waals surface area contributed by atoms with Crippen LogP contribution >= 0.6 is 0 Å². The third-order valence-electron chi connectivity index (χ3n) is 3.21. The molecule has 0 bridgehead atoms. The molecular weight excluding hydrogens is 228 g/mol. The van der Waals surface area contributed by atoms with Crippen molar-refractivity contribution in [3.8, 4) is 5.75 Å². The highest BCUT2D eigenvalue weighted by Crippen LogP contribution is 2.16. The molecular formula is C14H22N2O2. The van der Waals surface area contributed by atoms with Gasteiger partial charge in [-0.25, -0.2) is 0 Å². The molecule has 1 aromatic rings. The van der Waals surface area contributed by atoms with Crippen molar-refractivity contribution < 1.29 is 9.53 Å². The summed E-state index contributed by atoms with van der Waals surface area (Å²) < 4.78 is 5.22. The van der Waals surface area contributed by atoms with E-state index in [0.717, 1.165) is 17.7 Å². The third-order valence-corrected chi connectivity index (χ3v) is 3.21. The van der Waals surface area contributed by atoms with Crippen LogP contribution in [0.3, 0.4) is 0 Å². The molecule has 0 aliphatic heterocycles. The maximum absolute atomic E-state index is 11.8. The zero-order valence-electron chi connectivity index (χ0n) is 11.3. The number of rotatable bonds is 6. The predicted octanol–water partition coefficient (Wildman–Crippen LogP) is 1.68. The number of hydrogen-bond donors (Lipinski definition) is 2. The Morgan fingerprint density at radius 3 is 2.72 bits per heavy atom. The van der Waals surface area contributed by atoms with E-state index >= 15 is 0 Å². The van der Waals surface area contributed by atoms with Gasteiger partial charge in [-0.1, -0.05) is 38.5 Å². The molecule has 0 aromatic heterocycles. The third kappa shape index (κ3) is 3.74. The van der Waals surface area contributed by atoms with E-state index in [1.165, 1.54) is 0 Å². The number of hydrogen-bond acceptors (Lipinski definition) is 3. The number of para-hydroxylation sites is 1. The monoisotopic (exact) mass is 250 g/mol. The molecule has 0 aliphatic rings. The first kappa shape index (κ1) is 14.5. The Morgan fingerprint density at radius 2 is 2.11 bits per heavy atom. The van der Waals surface area contributed by atoms with Crippen molar-refractivity contribution in [2.24, 2.45) is 11.7 Å². The van der Waals surface area contributed by atoms with Crippen molar-refractivity contribution >= 4 is 5.91 Å². The predicted molar refractivity (Wildman–Crippen MR) is 72.3 cm³/mol. The fourth-order valence-corrected chi connectivity index (χ4v) is 1.66. The number of carbonyl (C=O) groups is 1. The molecule has 2 atom stereocenters. The Balaban J connectivity index is 2.57. The average molecular weight is 250 g/mol. The first-order chi connectivity index (χ1) is 8.60. The summed E-state index contributed by atoms with van der Waals surface area (Å²) in [6, 6.07) is 7.15. The zero-order valence-corrected chi connectivity index (χ0v) is 11.3. The molecule has 4 heteroatoms. The normalized spacial score (nSPS) is 13.8. The number of amides is 1. The van der Waals surface area contributed by atoms with Gasteiger partial charge in [-0.05, 0) is 12.0 Å². The average Bonchev–Trinajstić information content (AvgIpc) is 2.43. The highest BCUT2D eigenvalue weighted by atomic mass is 16.5. The second-order valence-corrected chi connectivity index (χ2v) is 4.44. The van der Waals surface area contributed by atoms with Gasteiger partial charge >= 0.3 is 0 Å². The molecule has 4 nitrogen and oxygen atoms in total. The summed E-state index contributed by atoms with van der Waals surface area (Å²) in [7, 11) is 1.62. The van der Waals surface area contributed by atoms with Crippen molar-refractivity contribution in [2.75, 3.05) is 7.11 Å². The maximum atomic E-state index is 11.8. The zero-order chi connectivity index (χ0) is 13.5. The van der Waals surface area contributed by atoms with E-state index in [2.05, 4.69) is 5.32 Å². The second kappa shape index (κ2) is 7.01. The van der Waals surface area contributed by atoms with Crippen LogP contribution in [0.25, 0.3) is 0 Å². The van der Waals surface area contributed by atoms with Crippen LogP contribution < -0.4 is 15.8 Å². The van der Waals surface area contributed by atoms with Gasteiger partial charge in [0.25, 0.3) is 0 Å². The summed E-state index contributed by atoms with van der Waals surface area (Å²) in [6.45, 7) is 4.44. The van der Waals surface area contributed by atoms with Gasteiger partial charge in [0.1, 0.15) is 5.75 Å². The Bertz CT molecular complexity index is 393. The van der Waals surface area contributed by atoms with E-state index in [1.807, 2.05) is 38.1 Å². The lowest BCUT2D eigenvalue weighted by atomic mass is 9.99. The van der Waals surface area contributed by atoms with E-state index in [-0.39, 0.29) is 11.8 Å². The highest BCUT2D eigenvalue weighted by molar-refractivity contribution is 5.81. The molecule has 100 valence electrons. The van der Waals surface area contributed by atoms with E-state index in [0.29, 0.717) is 6.54 Å². The van der Waals surface area contributed by atoms with E-state index < -0.39 is 6.04 Å². The molecule has 0 spiro atoms. The van der Waals surface area contributed by atoms with Crippen molar-refractivity contribution in [1.82, 2.24) is 5.32 Å². The summed E-state index contributed by atoms with van der Waals surface area (Å²) in [4.78, 5) is 11.8. The van der Waals surface area contributed by atoms with Gasteiger partial charge < -0.3 is 15.8 Å². The standard InChI is InChI=1S/C14H22N2O2/c1-4-10(2)13(15)14(17)16-9-11-7-5-6-8-12(11)18-3/h5-8,10,13H,4,9,15H2,1-3H3,(H,16,17). The van der Waals surface area contributed by atoms with Gasteiger partial charge in [-0.3, -0.25) is 4.79 Å². The topological polar surface area (TPSA) is 64.4 Å².